The van der Waals surface area contributed by atoms with Gasteiger partial charge in [-0.3, -0.25) is 0 Å². The molecule has 1 unspecified atom stereocenters. The Morgan fingerprint density at radius 2 is 1.68 bits per heavy atom. The van der Waals surface area contributed by atoms with Crippen LogP contribution in [0.2, 0.25) is 0 Å². The minimum absolute atomic E-state index is 0.0477. The number of amides is 2. The Balaban J connectivity index is 2.58. The lowest BCUT2D eigenvalue weighted by Gasteiger charge is -2.28. The molecule has 4 heteroatoms. The largest absolute Gasteiger partial charge is 0.378 e. The van der Waals surface area contributed by atoms with Crippen molar-refractivity contribution >= 4 is 17.4 Å². The van der Waals surface area contributed by atoms with Crippen molar-refractivity contribution in [2.45, 2.75) is 33.7 Å². The first kappa shape index (κ1) is 15.3. The molecule has 0 saturated heterocycles. The molecule has 19 heavy (non-hydrogen) atoms. The molecule has 0 radical (unpaired) electrons. The van der Waals surface area contributed by atoms with Gasteiger partial charge < -0.3 is 15.5 Å². The number of hydrogen-bond acceptors (Lipinski definition) is 2. The maximum atomic E-state index is 11.9. The first-order chi connectivity index (χ1) is 8.70. The van der Waals surface area contributed by atoms with Crippen LogP contribution in [0, 0.1) is 5.41 Å². The van der Waals surface area contributed by atoms with Crippen molar-refractivity contribution in [2.24, 2.45) is 5.41 Å². The van der Waals surface area contributed by atoms with Crippen molar-refractivity contribution in [3.05, 3.63) is 24.3 Å². The number of urea groups is 1. The summed E-state index contributed by atoms with van der Waals surface area (Å²) in [6.45, 7) is 8.31. The van der Waals surface area contributed by atoms with E-state index in [0.717, 1.165) is 11.4 Å². The highest BCUT2D eigenvalue weighted by molar-refractivity contribution is 5.89. The molecular weight excluding hydrogens is 238 g/mol. The van der Waals surface area contributed by atoms with E-state index in [1.165, 1.54) is 0 Å². The van der Waals surface area contributed by atoms with Gasteiger partial charge in [0.25, 0.3) is 0 Å². The molecule has 0 aliphatic rings. The van der Waals surface area contributed by atoms with Gasteiger partial charge in [0.05, 0.1) is 0 Å². The molecule has 1 rings (SSSR count). The van der Waals surface area contributed by atoms with Crippen molar-refractivity contribution in [3.8, 4) is 0 Å². The second kappa shape index (κ2) is 5.95. The van der Waals surface area contributed by atoms with Crippen molar-refractivity contribution in [1.82, 2.24) is 5.32 Å². The fourth-order valence-corrected chi connectivity index (χ4v) is 1.42. The number of rotatable bonds is 3. The molecule has 0 fully saturated rings. The monoisotopic (exact) mass is 263 g/mol. The molecule has 1 aromatic rings. The van der Waals surface area contributed by atoms with Crippen molar-refractivity contribution in [2.75, 3.05) is 24.3 Å². The molecule has 0 saturated carbocycles. The third-order valence-electron chi connectivity index (χ3n) is 3.29. The van der Waals surface area contributed by atoms with Crippen molar-refractivity contribution in [3.63, 3.8) is 0 Å². The molecule has 4 nitrogen and oxygen atoms in total. The first-order valence-corrected chi connectivity index (χ1v) is 6.55. The van der Waals surface area contributed by atoms with E-state index in [1.807, 2.05) is 50.2 Å². The van der Waals surface area contributed by atoms with Gasteiger partial charge in [0.15, 0.2) is 0 Å². The normalized spacial score (nSPS) is 12.7. The molecule has 106 valence electrons. The molecule has 0 bridgehead atoms. The second-order valence-corrected chi connectivity index (χ2v) is 6.13. The molecule has 0 aliphatic heterocycles. The SMILES string of the molecule is CC(NC(=O)Nc1ccc(N(C)C)cc1)C(C)(C)C. The highest BCUT2D eigenvalue weighted by atomic mass is 16.2. The predicted octanol–water partition coefficient (Wildman–Crippen LogP) is 3.31. The van der Waals surface area contributed by atoms with Gasteiger partial charge in [0.2, 0.25) is 0 Å². The second-order valence-electron chi connectivity index (χ2n) is 6.13. The molecule has 2 amide bonds. The lowest BCUT2D eigenvalue weighted by Crippen LogP contribution is -2.43. The summed E-state index contributed by atoms with van der Waals surface area (Å²) in [5.74, 6) is 0. The van der Waals surface area contributed by atoms with E-state index >= 15 is 0 Å². The first-order valence-electron chi connectivity index (χ1n) is 6.55. The summed E-state index contributed by atoms with van der Waals surface area (Å²) in [7, 11) is 3.97. The minimum Gasteiger partial charge on any atom is -0.378 e. The Labute approximate surface area is 116 Å². The highest BCUT2D eigenvalue weighted by Crippen LogP contribution is 2.19. The van der Waals surface area contributed by atoms with Crippen LogP contribution < -0.4 is 15.5 Å². The lowest BCUT2D eigenvalue weighted by atomic mass is 9.88. The quantitative estimate of drug-likeness (QED) is 0.878. The highest BCUT2D eigenvalue weighted by Gasteiger charge is 2.21. The summed E-state index contributed by atoms with van der Waals surface area (Å²) in [6.07, 6.45) is 0. The maximum Gasteiger partial charge on any atom is 0.319 e. The Morgan fingerprint density at radius 1 is 1.16 bits per heavy atom. The van der Waals surface area contributed by atoms with Gasteiger partial charge in [0.1, 0.15) is 0 Å². The fraction of sp³-hybridized carbons (Fsp3) is 0.533. The van der Waals surface area contributed by atoms with E-state index in [-0.39, 0.29) is 17.5 Å². The topological polar surface area (TPSA) is 44.4 Å². The third-order valence-corrected chi connectivity index (χ3v) is 3.29. The molecule has 0 heterocycles. The Kier molecular flexibility index (Phi) is 4.81. The van der Waals surface area contributed by atoms with Gasteiger partial charge in [-0.25, -0.2) is 4.79 Å². The zero-order chi connectivity index (χ0) is 14.6. The van der Waals surface area contributed by atoms with Crippen LogP contribution in [0.3, 0.4) is 0 Å². The number of anilines is 2. The summed E-state index contributed by atoms with van der Waals surface area (Å²) in [6, 6.07) is 7.69. The maximum absolute atomic E-state index is 11.9. The summed E-state index contributed by atoms with van der Waals surface area (Å²) < 4.78 is 0. The average molecular weight is 263 g/mol. The molecule has 2 N–H and O–H groups in total. The van der Waals surface area contributed by atoms with Crippen LogP contribution in [-0.4, -0.2) is 26.2 Å². The number of benzene rings is 1. The standard InChI is InChI=1S/C15H25N3O/c1-11(15(2,3)4)16-14(19)17-12-7-9-13(10-8-12)18(5)6/h7-11H,1-6H3,(H2,16,17,19). The minimum atomic E-state index is -0.167. The van der Waals surface area contributed by atoms with E-state index in [4.69, 9.17) is 0 Å². The average Bonchev–Trinajstić information content (AvgIpc) is 2.28. The molecular formula is C15H25N3O. The number of nitrogens with zero attached hydrogens (tertiary/aromatic N) is 1. The number of hydrogen-bond donors (Lipinski definition) is 2. The summed E-state index contributed by atoms with van der Waals surface area (Å²) >= 11 is 0. The van der Waals surface area contributed by atoms with E-state index in [0.29, 0.717) is 0 Å². The molecule has 1 aromatic carbocycles. The van der Waals surface area contributed by atoms with Gasteiger partial charge in [0, 0.05) is 31.5 Å². The van der Waals surface area contributed by atoms with E-state index in [2.05, 4.69) is 31.4 Å². The van der Waals surface area contributed by atoms with Crippen LogP contribution in [0.1, 0.15) is 27.7 Å². The van der Waals surface area contributed by atoms with Crippen LogP contribution in [0.5, 0.6) is 0 Å². The number of carbonyl (C=O) groups is 1. The van der Waals surface area contributed by atoms with Gasteiger partial charge in [-0.05, 0) is 36.6 Å². The Hall–Kier alpha value is -1.71. The van der Waals surface area contributed by atoms with Crippen LogP contribution >= 0.6 is 0 Å². The van der Waals surface area contributed by atoms with E-state index in [9.17, 15) is 4.79 Å². The van der Waals surface area contributed by atoms with Crippen LogP contribution in [0.4, 0.5) is 16.2 Å². The van der Waals surface area contributed by atoms with Crippen LogP contribution in [0.25, 0.3) is 0 Å². The molecule has 0 aliphatic carbocycles. The molecule has 1 atom stereocenters. The lowest BCUT2D eigenvalue weighted by molar-refractivity contribution is 0.233. The van der Waals surface area contributed by atoms with Crippen molar-refractivity contribution < 1.29 is 4.79 Å². The number of nitrogens with one attached hydrogen (secondary N) is 2. The predicted molar refractivity (Wildman–Crippen MR) is 81.8 cm³/mol. The third kappa shape index (κ3) is 4.81. The fourth-order valence-electron chi connectivity index (χ4n) is 1.42. The molecule has 0 spiro atoms. The smallest absolute Gasteiger partial charge is 0.319 e. The van der Waals surface area contributed by atoms with Gasteiger partial charge in [-0.2, -0.15) is 0 Å². The van der Waals surface area contributed by atoms with Crippen molar-refractivity contribution in [1.29, 1.82) is 0 Å². The van der Waals surface area contributed by atoms with E-state index < -0.39 is 0 Å². The zero-order valence-electron chi connectivity index (χ0n) is 12.7. The Morgan fingerprint density at radius 3 is 2.11 bits per heavy atom. The van der Waals surface area contributed by atoms with Gasteiger partial charge in [-0.1, -0.05) is 20.8 Å². The zero-order valence-corrected chi connectivity index (χ0v) is 12.7. The summed E-state index contributed by atoms with van der Waals surface area (Å²) in [5, 5.41) is 5.79. The van der Waals surface area contributed by atoms with Gasteiger partial charge >= 0.3 is 6.03 Å². The molecule has 0 aromatic heterocycles. The van der Waals surface area contributed by atoms with Crippen LogP contribution in [-0.2, 0) is 0 Å². The summed E-state index contributed by atoms with van der Waals surface area (Å²) in [5.41, 5.74) is 1.95. The van der Waals surface area contributed by atoms with Gasteiger partial charge in [-0.15, -0.1) is 0 Å². The van der Waals surface area contributed by atoms with E-state index in [1.54, 1.807) is 0 Å². The number of carbonyl (C=O) groups excluding carboxylic acids is 1. The Bertz CT molecular complexity index is 418. The summed E-state index contributed by atoms with van der Waals surface area (Å²) in [4.78, 5) is 13.9. The van der Waals surface area contributed by atoms with Crippen LogP contribution in [0.15, 0.2) is 24.3 Å².